The van der Waals surface area contributed by atoms with E-state index < -0.39 is 0 Å². The lowest BCUT2D eigenvalue weighted by molar-refractivity contribution is 0.0912. The van der Waals surface area contributed by atoms with Crippen molar-refractivity contribution in [3.63, 3.8) is 0 Å². The summed E-state index contributed by atoms with van der Waals surface area (Å²) in [6.07, 6.45) is 3.25. The molecule has 0 aromatic carbocycles. The molecule has 0 spiro atoms. The van der Waals surface area contributed by atoms with Crippen LogP contribution in [-0.2, 0) is 4.74 Å². The summed E-state index contributed by atoms with van der Waals surface area (Å²) in [4.78, 5) is 4.29. The number of nitrogens with one attached hydrogen (secondary N) is 1. The van der Waals surface area contributed by atoms with Gasteiger partial charge in [-0.15, -0.1) is 0 Å². The van der Waals surface area contributed by atoms with Crippen molar-refractivity contribution >= 4 is 5.84 Å². The van der Waals surface area contributed by atoms with Gasteiger partial charge < -0.3 is 15.2 Å². The summed E-state index contributed by atoms with van der Waals surface area (Å²) in [6, 6.07) is 0. The Labute approximate surface area is 79.0 Å². The molecule has 2 N–H and O–H groups in total. The molecule has 4 heteroatoms. The van der Waals surface area contributed by atoms with E-state index in [1.54, 1.807) is 0 Å². The number of hydrogen-bond acceptors (Lipinski definition) is 4. The van der Waals surface area contributed by atoms with Gasteiger partial charge in [-0.25, -0.2) is 0 Å². The quantitative estimate of drug-likeness (QED) is 0.581. The number of nitrogens with zero attached hydrogens (tertiary/aromatic N) is 1. The summed E-state index contributed by atoms with van der Waals surface area (Å²) >= 11 is 0. The first-order valence-electron chi connectivity index (χ1n) is 4.89. The predicted molar refractivity (Wildman–Crippen MR) is 52.1 cm³/mol. The Morgan fingerprint density at radius 3 is 3.08 bits per heavy atom. The molecule has 0 saturated carbocycles. The van der Waals surface area contributed by atoms with E-state index in [0.717, 1.165) is 31.8 Å². The molecule has 13 heavy (non-hydrogen) atoms. The van der Waals surface area contributed by atoms with Crippen molar-refractivity contribution < 1.29 is 9.84 Å². The van der Waals surface area contributed by atoms with Crippen LogP contribution in [0.3, 0.4) is 0 Å². The summed E-state index contributed by atoms with van der Waals surface area (Å²) in [7, 11) is 0. The van der Waals surface area contributed by atoms with Crippen LogP contribution in [-0.4, -0.2) is 43.9 Å². The third-order valence-corrected chi connectivity index (χ3v) is 1.90. The first-order chi connectivity index (χ1) is 6.43. The highest BCUT2D eigenvalue weighted by Crippen LogP contribution is 2.00. The van der Waals surface area contributed by atoms with E-state index in [2.05, 4.69) is 10.3 Å². The van der Waals surface area contributed by atoms with E-state index in [1.165, 1.54) is 6.42 Å². The Bertz CT molecular complexity index is 160. The summed E-state index contributed by atoms with van der Waals surface area (Å²) < 4.78 is 5.12. The minimum absolute atomic E-state index is 0.111. The molecule has 0 atom stereocenters. The Morgan fingerprint density at radius 2 is 2.38 bits per heavy atom. The third kappa shape index (κ3) is 4.85. The molecule has 76 valence electrons. The van der Waals surface area contributed by atoms with Gasteiger partial charge in [-0.2, -0.15) is 0 Å². The Balaban J connectivity index is 1.83. The first kappa shape index (κ1) is 10.5. The fraction of sp³-hybridized carbons (Fsp3) is 0.889. The Kier molecular flexibility index (Phi) is 5.52. The van der Waals surface area contributed by atoms with Crippen LogP contribution < -0.4 is 5.32 Å². The van der Waals surface area contributed by atoms with Crippen molar-refractivity contribution in [2.45, 2.75) is 19.3 Å². The zero-order chi connectivity index (χ0) is 9.36. The minimum atomic E-state index is 0.111. The Hall–Kier alpha value is -0.610. The van der Waals surface area contributed by atoms with E-state index >= 15 is 0 Å². The Morgan fingerprint density at radius 1 is 1.46 bits per heavy atom. The van der Waals surface area contributed by atoms with E-state index in [1.807, 2.05) is 0 Å². The lowest BCUT2D eigenvalue weighted by Crippen LogP contribution is -2.23. The van der Waals surface area contributed by atoms with Crippen LogP contribution in [0.2, 0.25) is 0 Å². The highest BCUT2D eigenvalue weighted by atomic mass is 16.5. The molecule has 0 aromatic rings. The average Bonchev–Trinajstić information content (AvgIpc) is 2.63. The fourth-order valence-corrected chi connectivity index (χ4v) is 1.26. The molecule has 0 fully saturated rings. The van der Waals surface area contributed by atoms with Gasteiger partial charge in [-0.1, -0.05) is 0 Å². The summed E-state index contributed by atoms with van der Waals surface area (Å²) in [5.41, 5.74) is 0. The van der Waals surface area contributed by atoms with Crippen molar-refractivity contribution in [2.75, 3.05) is 32.9 Å². The molecular formula is C9H18N2O2. The van der Waals surface area contributed by atoms with Crippen LogP contribution in [0.4, 0.5) is 0 Å². The van der Waals surface area contributed by atoms with Crippen molar-refractivity contribution in [2.24, 2.45) is 4.99 Å². The highest BCUT2D eigenvalue weighted by Gasteiger charge is 2.03. The lowest BCUT2D eigenvalue weighted by atomic mass is 10.3. The minimum Gasteiger partial charge on any atom is -0.394 e. The number of aliphatic imine (C=N–C) groups is 1. The second-order valence-corrected chi connectivity index (χ2v) is 3.05. The number of ether oxygens (including phenoxy) is 1. The summed E-state index contributed by atoms with van der Waals surface area (Å²) in [5, 5.41) is 11.7. The molecule has 0 unspecified atom stereocenters. The van der Waals surface area contributed by atoms with Crippen molar-refractivity contribution in [3.05, 3.63) is 0 Å². The van der Waals surface area contributed by atoms with Gasteiger partial charge in [0.05, 0.1) is 19.0 Å². The molecule has 0 aliphatic carbocycles. The number of rotatable bonds is 6. The molecular weight excluding hydrogens is 168 g/mol. The summed E-state index contributed by atoms with van der Waals surface area (Å²) in [6.45, 7) is 3.16. The van der Waals surface area contributed by atoms with Crippen LogP contribution >= 0.6 is 0 Å². The van der Waals surface area contributed by atoms with Crippen LogP contribution in [0, 0.1) is 0 Å². The van der Waals surface area contributed by atoms with Gasteiger partial charge in [0.1, 0.15) is 0 Å². The maximum Gasteiger partial charge on any atom is 0.0963 e. The molecule has 0 aromatic heterocycles. The number of amidine groups is 1. The number of aliphatic hydroxyl groups excluding tert-OH is 1. The van der Waals surface area contributed by atoms with E-state index in [9.17, 15) is 0 Å². The average molecular weight is 186 g/mol. The van der Waals surface area contributed by atoms with E-state index in [4.69, 9.17) is 9.84 Å². The van der Waals surface area contributed by atoms with Gasteiger partial charge in [0, 0.05) is 26.1 Å². The normalized spacial score (nSPS) is 15.9. The van der Waals surface area contributed by atoms with Crippen molar-refractivity contribution in [1.82, 2.24) is 5.32 Å². The maximum atomic E-state index is 8.44. The van der Waals surface area contributed by atoms with Crippen LogP contribution in [0.15, 0.2) is 4.99 Å². The second kappa shape index (κ2) is 6.86. The largest absolute Gasteiger partial charge is 0.394 e. The molecule has 1 rings (SSSR count). The molecule has 1 aliphatic heterocycles. The monoisotopic (exact) mass is 186 g/mol. The zero-order valence-electron chi connectivity index (χ0n) is 7.96. The standard InChI is InChI=1S/C9H18N2O2/c12-6-8-13-7-2-5-11-9-3-1-4-10-9/h12H,1-8H2,(H,10,11). The zero-order valence-corrected chi connectivity index (χ0v) is 7.96. The van der Waals surface area contributed by atoms with Gasteiger partial charge in [-0.05, 0) is 12.8 Å². The van der Waals surface area contributed by atoms with Crippen LogP contribution in [0.5, 0.6) is 0 Å². The van der Waals surface area contributed by atoms with E-state index in [0.29, 0.717) is 13.2 Å². The number of aliphatic hydroxyl groups is 1. The van der Waals surface area contributed by atoms with Crippen molar-refractivity contribution in [3.8, 4) is 0 Å². The van der Waals surface area contributed by atoms with Gasteiger partial charge >= 0.3 is 0 Å². The summed E-state index contributed by atoms with van der Waals surface area (Å²) in [5.74, 6) is 1.14. The predicted octanol–water partition coefficient (Wildman–Crippen LogP) is 0.167. The van der Waals surface area contributed by atoms with Gasteiger partial charge in [0.2, 0.25) is 0 Å². The highest BCUT2D eigenvalue weighted by molar-refractivity contribution is 5.83. The number of hydrogen-bond donors (Lipinski definition) is 2. The third-order valence-electron chi connectivity index (χ3n) is 1.90. The van der Waals surface area contributed by atoms with Gasteiger partial charge in [-0.3, -0.25) is 4.99 Å². The lowest BCUT2D eigenvalue weighted by Gasteiger charge is -2.05. The van der Waals surface area contributed by atoms with E-state index in [-0.39, 0.29) is 6.61 Å². The molecule has 1 aliphatic rings. The second-order valence-electron chi connectivity index (χ2n) is 3.05. The first-order valence-corrected chi connectivity index (χ1v) is 4.89. The fourth-order valence-electron chi connectivity index (χ4n) is 1.26. The molecule has 0 bridgehead atoms. The molecule has 0 radical (unpaired) electrons. The molecule has 0 amide bonds. The molecule has 1 heterocycles. The molecule has 0 saturated heterocycles. The smallest absolute Gasteiger partial charge is 0.0963 e. The SMILES string of the molecule is OCCOCCCNC1=NCCC1. The van der Waals surface area contributed by atoms with Crippen molar-refractivity contribution in [1.29, 1.82) is 0 Å². The topological polar surface area (TPSA) is 53.9 Å². The van der Waals surface area contributed by atoms with Crippen LogP contribution in [0.1, 0.15) is 19.3 Å². The van der Waals surface area contributed by atoms with Gasteiger partial charge in [0.25, 0.3) is 0 Å². The van der Waals surface area contributed by atoms with Crippen LogP contribution in [0.25, 0.3) is 0 Å². The van der Waals surface area contributed by atoms with Gasteiger partial charge in [0.15, 0.2) is 0 Å². The molecule has 4 nitrogen and oxygen atoms in total. The maximum absolute atomic E-state index is 8.44.